The standard InChI is InChI=1S/C15H17ClN2O3/c1-21-6-2-5-17-15(20)9-18-8-11(10-19)13-4-3-12(16)7-14(13)18/h3-4,7-8,10H,2,5-6,9H2,1H3,(H,17,20). The van der Waals surface area contributed by atoms with Gasteiger partial charge in [0.2, 0.25) is 5.91 Å². The second kappa shape index (κ2) is 7.24. The van der Waals surface area contributed by atoms with Gasteiger partial charge in [-0.2, -0.15) is 0 Å². The maximum absolute atomic E-state index is 11.9. The number of carbonyl (C=O) groups is 2. The van der Waals surface area contributed by atoms with Crippen molar-refractivity contribution in [3.63, 3.8) is 0 Å². The molecule has 1 amide bonds. The van der Waals surface area contributed by atoms with E-state index >= 15 is 0 Å². The van der Waals surface area contributed by atoms with Gasteiger partial charge in [0, 0.05) is 42.4 Å². The van der Waals surface area contributed by atoms with Crippen LogP contribution in [0, 0.1) is 0 Å². The predicted octanol–water partition coefficient (Wildman–Crippen LogP) is 2.26. The van der Waals surface area contributed by atoms with Gasteiger partial charge in [-0.05, 0) is 18.6 Å². The number of ether oxygens (including phenoxy) is 1. The summed E-state index contributed by atoms with van der Waals surface area (Å²) in [6, 6.07) is 5.27. The zero-order valence-electron chi connectivity index (χ0n) is 11.8. The molecule has 0 saturated carbocycles. The Morgan fingerprint density at radius 1 is 1.48 bits per heavy atom. The Bertz CT molecular complexity index is 652. The second-order valence-electron chi connectivity index (χ2n) is 4.69. The molecule has 0 spiro atoms. The van der Waals surface area contributed by atoms with Crippen LogP contribution in [0.25, 0.3) is 10.9 Å². The first-order valence-corrected chi connectivity index (χ1v) is 7.02. The Hall–Kier alpha value is -1.85. The van der Waals surface area contributed by atoms with Crippen molar-refractivity contribution in [1.29, 1.82) is 0 Å². The minimum Gasteiger partial charge on any atom is -0.385 e. The van der Waals surface area contributed by atoms with Crippen molar-refractivity contribution < 1.29 is 14.3 Å². The monoisotopic (exact) mass is 308 g/mol. The van der Waals surface area contributed by atoms with Gasteiger partial charge in [-0.15, -0.1) is 0 Å². The molecule has 0 aliphatic heterocycles. The minimum atomic E-state index is -0.111. The number of carbonyl (C=O) groups excluding carboxylic acids is 2. The fourth-order valence-electron chi connectivity index (χ4n) is 2.17. The zero-order chi connectivity index (χ0) is 15.2. The zero-order valence-corrected chi connectivity index (χ0v) is 12.5. The lowest BCUT2D eigenvalue weighted by molar-refractivity contribution is -0.121. The lowest BCUT2D eigenvalue weighted by Gasteiger charge is -2.07. The first-order valence-electron chi connectivity index (χ1n) is 6.65. The quantitative estimate of drug-likeness (QED) is 0.630. The highest BCUT2D eigenvalue weighted by Gasteiger charge is 2.11. The molecule has 0 aliphatic rings. The number of benzene rings is 1. The van der Waals surface area contributed by atoms with E-state index in [1.807, 2.05) is 0 Å². The number of amides is 1. The van der Waals surface area contributed by atoms with Gasteiger partial charge in [0.1, 0.15) is 6.54 Å². The Kier molecular flexibility index (Phi) is 5.36. The topological polar surface area (TPSA) is 60.3 Å². The smallest absolute Gasteiger partial charge is 0.239 e. The summed E-state index contributed by atoms with van der Waals surface area (Å²) < 4.78 is 6.65. The first kappa shape index (κ1) is 15.5. The van der Waals surface area contributed by atoms with E-state index in [1.54, 1.807) is 36.1 Å². The third-order valence-corrected chi connectivity index (χ3v) is 3.40. The molecule has 1 aromatic carbocycles. The van der Waals surface area contributed by atoms with E-state index in [1.165, 1.54) is 0 Å². The van der Waals surface area contributed by atoms with Crippen LogP contribution in [0.3, 0.4) is 0 Å². The van der Waals surface area contributed by atoms with Gasteiger partial charge in [-0.3, -0.25) is 9.59 Å². The van der Waals surface area contributed by atoms with E-state index in [4.69, 9.17) is 16.3 Å². The molecule has 5 nitrogen and oxygen atoms in total. The van der Waals surface area contributed by atoms with E-state index in [0.717, 1.165) is 23.6 Å². The van der Waals surface area contributed by atoms with Gasteiger partial charge in [0.05, 0.1) is 5.52 Å². The summed E-state index contributed by atoms with van der Waals surface area (Å²) in [5.41, 5.74) is 1.32. The van der Waals surface area contributed by atoms with Gasteiger partial charge < -0.3 is 14.6 Å². The van der Waals surface area contributed by atoms with E-state index < -0.39 is 0 Å². The second-order valence-corrected chi connectivity index (χ2v) is 5.12. The Morgan fingerprint density at radius 2 is 2.29 bits per heavy atom. The molecule has 0 fully saturated rings. The maximum Gasteiger partial charge on any atom is 0.239 e. The summed E-state index contributed by atoms with van der Waals surface area (Å²) in [7, 11) is 1.62. The first-order chi connectivity index (χ1) is 10.2. The average molecular weight is 309 g/mol. The van der Waals surface area contributed by atoms with Gasteiger partial charge >= 0.3 is 0 Å². The molecule has 6 heteroatoms. The molecular weight excluding hydrogens is 292 g/mol. The van der Waals surface area contributed by atoms with Crippen molar-refractivity contribution >= 4 is 34.7 Å². The Balaban J connectivity index is 2.12. The minimum absolute atomic E-state index is 0.111. The Morgan fingerprint density at radius 3 is 3.00 bits per heavy atom. The maximum atomic E-state index is 11.9. The highest BCUT2D eigenvalue weighted by molar-refractivity contribution is 6.31. The molecule has 1 heterocycles. The molecule has 0 radical (unpaired) electrons. The molecule has 112 valence electrons. The van der Waals surface area contributed by atoms with Crippen molar-refractivity contribution in [2.24, 2.45) is 0 Å². The molecule has 1 aromatic heterocycles. The van der Waals surface area contributed by atoms with Crippen molar-refractivity contribution in [2.45, 2.75) is 13.0 Å². The van der Waals surface area contributed by atoms with E-state index in [-0.39, 0.29) is 12.5 Å². The van der Waals surface area contributed by atoms with Crippen LogP contribution >= 0.6 is 11.6 Å². The number of hydrogen-bond acceptors (Lipinski definition) is 3. The highest BCUT2D eigenvalue weighted by Crippen LogP contribution is 2.23. The van der Waals surface area contributed by atoms with Crippen LogP contribution in [0.15, 0.2) is 24.4 Å². The summed E-state index contributed by atoms with van der Waals surface area (Å²) in [6.45, 7) is 1.32. The molecule has 0 bridgehead atoms. The van der Waals surface area contributed by atoms with Gasteiger partial charge in [-0.25, -0.2) is 0 Å². The van der Waals surface area contributed by atoms with Crippen molar-refractivity contribution in [2.75, 3.05) is 20.3 Å². The summed E-state index contributed by atoms with van der Waals surface area (Å²) in [6.07, 6.45) is 3.21. The largest absolute Gasteiger partial charge is 0.385 e. The number of aldehydes is 1. The highest BCUT2D eigenvalue weighted by atomic mass is 35.5. The summed E-state index contributed by atoms with van der Waals surface area (Å²) >= 11 is 5.98. The third-order valence-electron chi connectivity index (χ3n) is 3.16. The number of rotatable bonds is 7. The predicted molar refractivity (Wildman–Crippen MR) is 81.8 cm³/mol. The van der Waals surface area contributed by atoms with Gasteiger partial charge in [0.15, 0.2) is 6.29 Å². The molecule has 0 atom stereocenters. The van der Waals surface area contributed by atoms with Crippen molar-refractivity contribution in [3.8, 4) is 0 Å². The van der Waals surface area contributed by atoms with Crippen LogP contribution in [0.1, 0.15) is 16.8 Å². The molecule has 0 unspecified atom stereocenters. The van der Waals surface area contributed by atoms with Crippen LogP contribution in [-0.2, 0) is 16.1 Å². The SMILES string of the molecule is COCCCNC(=O)Cn1cc(C=O)c2ccc(Cl)cc21. The summed E-state index contributed by atoms with van der Waals surface area (Å²) in [5.74, 6) is -0.111. The molecule has 21 heavy (non-hydrogen) atoms. The summed E-state index contributed by atoms with van der Waals surface area (Å²) in [5, 5.41) is 4.17. The van der Waals surface area contributed by atoms with Crippen LogP contribution in [-0.4, -0.2) is 37.0 Å². The number of nitrogens with one attached hydrogen (secondary N) is 1. The average Bonchev–Trinajstić information content (AvgIpc) is 2.81. The van der Waals surface area contributed by atoms with Gasteiger partial charge in [0.25, 0.3) is 0 Å². The fourth-order valence-corrected chi connectivity index (χ4v) is 2.34. The number of hydrogen-bond donors (Lipinski definition) is 1. The summed E-state index contributed by atoms with van der Waals surface area (Å²) in [4.78, 5) is 23.0. The normalized spacial score (nSPS) is 10.8. The van der Waals surface area contributed by atoms with E-state index in [9.17, 15) is 9.59 Å². The van der Waals surface area contributed by atoms with Crippen LogP contribution < -0.4 is 5.32 Å². The third kappa shape index (κ3) is 3.83. The molecule has 1 N–H and O–H groups in total. The fraction of sp³-hybridized carbons (Fsp3) is 0.333. The lowest BCUT2D eigenvalue weighted by atomic mass is 10.2. The van der Waals surface area contributed by atoms with Crippen LogP contribution in [0.2, 0.25) is 5.02 Å². The molecule has 0 aliphatic carbocycles. The number of aromatic nitrogens is 1. The van der Waals surface area contributed by atoms with E-state index in [2.05, 4.69) is 5.32 Å². The van der Waals surface area contributed by atoms with Crippen molar-refractivity contribution in [1.82, 2.24) is 9.88 Å². The van der Waals surface area contributed by atoms with Gasteiger partial charge in [-0.1, -0.05) is 17.7 Å². The molecule has 2 rings (SSSR count). The number of fused-ring (bicyclic) bond motifs is 1. The molecular formula is C15H17ClN2O3. The molecule has 0 saturated heterocycles. The van der Waals surface area contributed by atoms with Crippen molar-refractivity contribution in [3.05, 3.63) is 35.0 Å². The number of methoxy groups -OCH3 is 1. The van der Waals surface area contributed by atoms with Crippen LogP contribution in [0.4, 0.5) is 0 Å². The van der Waals surface area contributed by atoms with E-state index in [0.29, 0.717) is 23.7 Å². The van der Waals surface area contributed by atoms with Crippen LogP contribution in [0.5, 0.6) is 0 Å². The Labute approximate surface area is 127 Å². The molecule has 2 aromatic rings. The lowest BCUT2D eigenvalue weighted by Crippen LogP contribution is -2.28. The number of halogens is 1. The number of nitrogens with zero attached hydrogens (tertiary/aromatic N) is 1.